The van der Waals surface area contributed by atoms with Crippen LogP contribution in [0.2, 0.25) is 0 Å². The Labute approximate surface area is 114 Å². The summed E-state index contributed by atoms with van der Waals surface area (Å²) >= 11 is 0. The molecule has 0 saturated heterocycles. The minimum absolute atomic E-state index is 0.189. The number of aryl methyl sites for hydroxylation is 2. The molecule has 0 saturated carbocycles. The summed E-state index contributed by atoms with van der Waals surface area (Å²) in [4.78, 5) is 0. The maximum absolute atomic E-state index is 5.44. The smallest absolute Gasteiger partial charge is 0.120 e. The molecule has 0 aliphatic rings. The second kappa shape index (κ2) is 5.61. The molecular formula is C15H23N3O. The molecule has 104 valence electrons. The van der Waals surface area contributed by atoms with E-state index in [1.165, 1.54) is 11.3 Å². The molecule has 19 heavy (non-hydrogen) atoms. The van der Waals surface area contributed by atoms with Crippen molar-refractivity contribution >= 4 is 0 Å². The van der Waals surface area contributed by atoms with Crippen molar-refractivity contribution in [2.45, 2.75) is 53.2 Å². The average molecular weight is 261 g/mol. The Morgan fingerprint density at radius 1 is 1.32 bits per heavy atom. The third-order valence-electron chi connectivity index (χ3n) is 3.64. The van der Waals surface area contributed by atoms with Crippen LogP contribution in [0.4, 0.5) is 0 Å². The fourth-order valence-electron chi connectivity index (χ4n) is 2.72. The van der Waals surface area contributed by atoms with Crippen molar-refractivity contribution in [1.29, 1.82) is 0 Å². The van der Waals surface area contributed by atoms with E-state index in [2.05, 4.69) is 49.7 Å². The van der Waals surface area contributed by atoms with E-state index in [4.69, 9.17) is 4.42 Å². The van der Waals surface area contributed by atoms with Gasteiger partial charge in [-0.1, -0.05) is 0 Å². The van der Waals surface area contributed by atoms with E-state index in [1.807, 2.05) is 12.1 Å². The van der Waals surface area contributed by atoms with Crippen LogP contribution in [0.5, 0.6) is 0 Å². The van der Waals surface area contributed by atoms with Gasteiger partial charge in [0.05, 0.1) is 18.0 Å². The average Bonchev–Trinajstić information content (AvgIpc) is 2.97. The van der Waals surface area contributed by atoms with Crippen LogP contribution in [0.25, 0.3) is 0 Å². The number of hydrogen-bond acceptors (Lipinski definition) is 3. The van der Waals surface area contributed by atoms with Crippen LogP contribution in [0, 0.1) is 13.8 Å². The van der Waals surface area contributed by atoms with Gasteiger partial charge in [-0.05, 0) is 46.8 Å². The molecule has 2 aromatic rings. The zero-order chi connectivity index (χ0) is 14.0. The van der Waals surface area contributed by atoms with Gasteiger partial charge in [-0.25, -0.2) is 0 Å². The highest BCUT2D eigenvalue weighted by Gasteiger charge is 2.19. The molecule has 0 spiro atoms. The van der Waals surface area contributed by atoms with Crippen LogP contribution in [0.15, 0.2) is 22.8 Å². The third kappa shape index (κ3) is 2.73. The number of hydrogen-bond donors (Lipinski definition) is 1. The van der Waals surface area contributed by atoms with Gasteiger partial charge in [-0.3, -0.25) is 4.68 Å². The highest BCUT2D eigenvalue weighted by Crippen LogP contribution is 2.24. The lowest BCUT2D eigenvalue weighted by atomic mass is 10.1. The summed E-state index contributed by atoms with van der Waals surface area (Å²) in [5.74, 6) is 0.963. The molecule has 1 N–H and O–H groups in total. The summed E-state index contributed by atoms with van der Waals surface area (Å²) in [7, 11) is 0. The van der Waals surface area contributed by atoms with Crippen LogP contribution >= 0.6 is 0 Å². The van der Waals surface area contributed by atoms with E-state index < -0.39 is 0 Å². The zero-order valence-corrected chi connectivity index (χ0v) is 12.4. The van der Waals surface area contributed by atoms with E-state index in [0.717, 1.165) is 18.0 Å². The lowest BCUT2D eigenvalue weighted by molar-refractivity contribution is 0.401. The molecule has 0 aliphatic heterocycles. The van der Waals surface area contributed by atoms with Crippen molar-refractivity contribution in [1.82, 2.24) is 15.1 Å². The number of nitrogens with one attached hydrogen (secondary N) is 1. The van der Waals surface area contributed by atoms with Gasteiger partial charge in [-0.2, -0.15) is 5.10 Å². The molecule has 4 nitrogen and oxygen atoms in total. The van der Waals surface area contributed by atoms with Gasteiger partial charge in [0.25, 0.3) is 0 Å². The molecular weight excluding hydrogens is 238 g/mol. The molecule has 0 aromatic carbocycles. The number of nitrogens with zero attached hydrogens (tertiary/aromatic N) is 2. The lowest BCUT2D eigenvalue weighted by Crippen LogP contribution is -2.23. The highest BCUT2D eigenvalue weighted by atomic mass is 16.3. The predicted molar refractivity (Wildman–Crippen MR) is 76.0 cm³/mol. The molecule has 2 unspecified atom stereocenters. The first kappa shape index (κ1) is 13.9. The SMILES string of the molecule is CCn1nc(C)c(C(C)NC(C)c2ccco2)c1C. The van der Waals surface area contributed by atoms with E-state index in [9.17, 15) is 0 Å². The van der Waals surface area contributed by atoms with Crippen molar-refractivity contribution < 1.29 is 4.42 Å². The lowest BCUT2D eigenvalue weighted by Gasteiger charge is -2.19. The first-order chi connectivity index (χ1) is 9.04. The van der Waals surface area contributed by atoms with E-state index in [1.54, 1.807) is 6.26 Å². The molecule has 0 amide bonds. The second-order valence-corrected chi connectivity index (χ2v) is 5.03. The quantitative estimate of drug-likeness (QED) is 0.895. The number of furan rings is 1. The normalized spacial score (nSPS) is 14.6. The van der Waals surface area contributed by atoms with Gasteiger partial charge >= 0.3 is 0 Å². The summed E-state index contributed by atoms with van der Waals surface area (Å²) in [6, 6.07) is 4.36. The Morgan fingerprint density at radius 2 is 2.05 bits per heavy atom. The Kier molecular flexibility index (Phi) is 4.10. The van der Waals surface area contributed by atoms with Crippen molar-refractivity contribution in [3.8, 4) is 0 Å². The Morgan fingerprint density at radius 3 is 2.58 bits per heavy atom. The minimum Gasteiger partial charge on any atom is -0.468 e. The van der Waals surface area contributed by atoms with Crippen LogP contribution in [-0.2, 0) is 6.54 Å². The Hall–Kier alpha value is -1.55. The summed E-state index contributed by atoms with van der Waals surface area (Å²) < 4.78 is 7.49. The molecule has 4 heteroatoms. The summed E-state index contributed by atoms with van der Waals surface area (Å²) in [6.07, 6.45) is 1.71. The second-order valence-electron chi connectivity index (χ2n) is 5.03. The van der Waals surface area contributed by atoms with E-state index in [0.29, 0.717) is 0 Å². The van der Waals surface area contributed by atoms with Gasteiger partial charge in [-0.15, -0.1) is 0 Å². The number of aromatic nitrogens is 2. The standard InChI is InChI=1S/C15H23N3O/c1-6-18-13(5)15(12(4)17-18)11(3)16-10(2)14-8-7-9-19-14/h7-11,16H,6H2,1-5H3. The largest absolute Gasteiger partial charge is 0.468 e. The molecule has 0 aliphatic carbocycles. The molecule has 0 bridgehead atoms. The Bertz CT molecular complexity index is 528. The monoisotopic (exact) mass is 261 g/mol. The predicted octanol–water partition coefficient (Wildman–Crippen LogP) is 3.52. The van der Waals surface area contributed by atoms with E-state index in [-0.39, 0.29) is 12.1 Å². The third-order valence-corrected chi connectivity index (χ3v) is 3.64. The highest BCUT2D eigenvalue weighted by molar-refractivity contribution is 5.28. The van der Waals surface area contributed by atoms with Crippen LogP contribution in [0.3, 0.4) is 0 Å². The first-order valence-corrected chi connectivity index (χ1v) is 6.88. The molecule has 2 atom stereocenters. The maximum atomic E-state index is 5.44. The van der Waals surface area contributed by atoms with Crippen molar-refractivity contribution in [2.24, 2.45) is 0 Å². The summed E-state index contributed by atoms with van der Waals surface area (Å²) in [5.41, 5.74) is 3.64. The van der Waals surface area contributed by atoms with Crippen molar-refractivity contribution in [3.05, 3.63) is 41.1 Å². The van der Waals surface area contributed by atoms with Crippen LogP contribution < -0.4 is 5.32 Å². The molecule has 2 aromatic heterocycles. The Balaban J connectivity index is 2.16. The summed E-state index contributed by atoms with van der Waals surface area (Å²) in [5, 5.41) is 8.14. The van der Waals surface area contributed by atoms with E-state index >= 15 is 0 Å². The molecule has 0 radical (unpaired) electrons. The fraction of sp³-hybridized carbons (Fsp3) is 0.533. The van der Waals surface area contributed by atoms with Gasteiger partial charge in [0.15, 0.2) is 0 Å². The maximum Gasteiger partial charge on any atom is 0.120 e. The molecule has 2 rings (SSSR count). The number of rotatable bonds is 5. The van der Waals surface area contributed by atoms with Crippen LogP contribution in [-0.4, -0.2) is 9.78 Å². The van der Waals surface area contributed by atoms with Gasteiger partial charge in [0.2, 0.25) is 0 Å². The summed E-state index contributed by atoms with van der Waals surface area (Å²) in [6.45, 7) is 11.5. The zero-order valence-electron chi connectivity index (χ0n) is 12.4. The fourth-order valence-corrected chi connectivity index (χ4v) is 2.72. The van der Waals surface area contributed by atoms with Gasteiger partial charge < -0.3 is 9.73 Å². The van der Waals surface area contributed by atoms with Crippen molar-refractivity contribution in [2.75, 3.05) is 0 Å². The van der Waals surface area contributed by atoms with Crippen molar-refractivity contribution in [3.63, 3.8) is 0 Å². The minimum atomic E-state index is 0.189. The topological polar surface area (TPSA) is 43.0 Å². The first-order valence-electron chi connectivity index (χ1n) is 6.88. The van der Waals surface area contributed by atoms with Gasteiger partial charge in [0.1, 0.15) is 5.76 Å². The van der Waals surface area contributed by atoms with Gasteiger partial charge in [0, 0.05) is 23.8 Å². The molecule has 0 fully saturated rings. The van der Waals surface area contributed by atoms with Crippen LogP contribution in [0.1, 0.15) is 55.6 Å². The molecule has 2 heterocycles.